The van der Waals surface area contributed by atoms with Crippen LogP contribution in [0.2, 0.25) is 0 Å². The molecule has 0 aliphatic carbocycles. The fraction of sp³-hybridized carbons (Fsp3) is 0.222. The van der Waals surface area contributed by atoms with Crippen LogP contribution >= 0.6 is 15.9 Å². The lowest BCUT2D eigenvalue weighted by Gasteiger charge is -2.00. The van der Waals surface area contributed by atoms with E-state index in [0.717, 1.165) is 16.3 Å². The second-order valence-corrected chi connectivity index (χ2v) is 3.36. The normalized spacial score (nSPS) is 9.64. The fourth-order valence-electron chi connectivity index (χ4n) is 0.950. The summed E-state index contributed by atoms with van der Waals surface area (Å²) in [6.45, 7) is 2.01. The molecule has 0 aliphatic rings. The van der Waals surface area contributed by atoms with Crippen LogP contribution in [0.1, 0.15) is 11.1 Å². The molecule has 0 heterocycles. The fourth-order valence-corrected chi connectivity index (χ4v) is 1.36. The van der Waals surface area contributed by atoms with Gasteiger partial charge in [0, 0.05) is 10.9 Å². The van der Waals surface area contributed by atoms with Gasteiger partial charge < -0.3 is 4.79 Å². The molecule has 0 unspecified atom stereocenters. The molecule has 0 bridgehead atoms. The second kappa shape index (κ2) is 3.67. The van der Waals surface area contributed by atoms with Crippen molar-refractivity contribution < 1.29 is 4.79 Å². The lowest BCUT2D eigenvalue weighted by Crippen LogP contribution is -1.89. The second-order valence-electron chi connectivity index (χ2n) is 2.44. The molecule has 58 valence electrons. The van der Waals surface area contributed by atoms with Crippen molar-refractivity contribution in [2.24, 2.45) is 0 Å². The molecule has 0 saturated carbocycles. The monoisotopic (exact) mass is 212 g/mol. The molecule has 0 atom stereocenters. The van der Waals surface area contributed by atoms with Gasteiger partial charge in [0.1, 0.15) is 6.29 Å². The number of benzene rings is 1. The molecule has 0 aromatic heterocycles. The smallest absolute Gasteiger partial charge is 0.124 e. The molecule has 11 heavy (non-hydrogen) atoms. The molecule has 2 heteroatoms. The zero-order valence-electron chi connectivity index (χ0n) is 6.30. The summed E-state index contributed by atoms with van der Waals surface area (Å²) in [7, 11) is 0. The van der Waals surface area contributed by atoms with E-state index < -0.39 is 0 Å². The predicted molar refractivity (Wildman–Crippen MR) is 48.6 cm³/mol. The van der Waals surface area contributed by atoms with Crippen molar-refractivity contribution in [2.45, 2.75) is 13.3 Å². The molecule has 1 aromatic rings. The van der Waals surface area contributed by atoms with Gasteiger partial charge in [-0.15, -0.1) is 0 Å². The van der Waals surface area contributed by atoms with Crippen LogP contribution in [-0.2, 0) is 11.2 Å². The zero-order valence-corrected chi connectivity index (χ0v) is 7.89. The van der Waals surface area contributed by atoms with Crippen LogP contribution in [0.5, 0.6) is 0 Å². The summed E-state index contributed by atoms with van der Waals surface area (Å²) in [6.07, 6.45) is 1.43. The largest absolute Gasteiger partial charge is 0.303 e. The number of hydrogen-bond acceptors (Lipinski definition) is 1. The van der Waals surface area contributed by atoms with Crippen LogP contribution in [-0.4, -0.2) is 6.29 Å². The SMILES string of the molecule is Cc1ccc(Br)cc1CC=O. The number of hydrogen-bond donors (Lipinski definition) is 0. The number of halogens is 1. The quantitative estimate of drug-likeness (QED) is 0.689. The van der Waals surface area contributed by atoms with Crippen molar-refractivity contribution in [2.75, 3.05) is 0 Å². The highest BCUT2D eigenvalue weighted by molar-refractivity contribution is 9.10. The Balaban J connectivity index is 3.01. The Morgan fingerprint density at radius 1 is 1.55 bits per heavy atom. The van der Waals surface area contributed by atoms with Gasteiger partial charge in [-0.05, 0) is 30.2 Å². The molecule has 0 amide bonds. The van der Waals surface area contributed by atoms with Crippen molar-refractivity contribution in [3.05, 3.63) is 33.8 Å². The maximum Gasteiger partial charge on any atom is 0.124 e. The Bertz CT molecular complexity index is 268. The Labute approximate surface area is 74.6 Å². The number of carbonyl (C=O) groups is 1. The minimum atomic E-state index is 0.505. The molecule has 1 aromatic carbocycles. The highest BCUT2D eigenvalue weighted by Gasteiger charge is 1.96. The molecule has 0 fully saturated rings. The Kier molecular flexibility index (Phi) is 2.83. The summed E-state index contributed by atoms with van der Waals surface area (Å²) in [5.74, 6) is 0. The zero-order chi connectivity index (χ0) is 8.27. The van der Waals surface area contributed by atoms with Gasteiger partial charge >= 0.3 is 0 Å². The third-order valence-corrected chi connectivity index (χ3v) is 2.11. The van der Waals surface area contributed by atoms with Gasteiger partial charge in [-0.2, -0.15) is 0 Å². The maximum atomic E-state index is 10.2. The lowest BCUT2D eigenvalue weighted by molar-refractivity contribution is -0.107. The summed E-state index contributed by atoms with van der Waals surface area (Å²) in [4.78, 5) is 10.2. The van der Waals surface area contributed by atoms with Gasteiger partial charge in [0.05, 0.1) is 0 Å². The first-order valence-electron chi connectivity index (χ1n) is 3.42. The van der Waals surface area contributed by atoms with E-state index >= 15 is 0 Å². The van der Waals surface area contributed by atoms with Crippen molar-refractivity contribution in [1.82, 2.24) is 0 Å². The first-order valence-corrected chi connectivity index (χ1v) is 4.22. The molecule has 0 saturated heterocycles. The van der Waals surface area contributed by atoms with Crippen LogP contribution in [0.4, 0.5) is 0 Å². The van der Waals surface area contributed by atoms with Gasteiger partial charge in [0.15, 0.2) is 0 Å². The number of carbonyl (C=O) groups excluding carboxylic acids is 1. The highest BCUT2D eigenvalue weighted by atomic mass is 79.9. The Morgan fingerprint density at radius 3 is 2.91 bits per heavy atom. The van der Waals surface area contributed by atoms with E-state index in [-0.39, 0.29) is 0 Å². The number of aldehydes is 1. The minimum Gasteiger partial charge on any atom is -0.303 e. The Morgan fingerprint density at radius 2 is 2.27 bits per heavy atom. The third kappa shape index (κ3) is 2.15. The van der Waals surface area contributed by atoms with E-state index in [9.17, 15) is 4.79 Å². The van der Waals surface area contributed by atoms with E-state index in [1.165, 1.54) is 5.56 Å². The van der Waals surface area contributed by atoms with Crippen LogP contribution in [0.25, 0.3) is 0 Å². The summed E-state index contributed by atoms with van der Waals surface area (Å²) >= 11 is 3.35. The van der Waals surface area contributed by atoms with Gasteiger partial charge in [-0.3, -0.25) is 0 Å². The van der Waals surface area contributed by atoms with E-state index in [1.54, 1.807) is 0 Å². The molecule has 1 nitrogen and oxygen atoms in total. The van der Waals surface area contributed by atoms with E-state index in [0.29, 0.717) is 6.42 Å². The summed E-state index contributed by atoms with van der Waals surface area (Å²) in [6, 6.07) is 5.95. The molecule has 0 radical (unpaired) electrons. The highest BCUT2D eigenvalue weighted by Crippen LogP contribution is 2.15. The predicted octanol–water partition coefficient (Wildman–Crippen LogP) is 2.50. The van der Waals surface area contributed by atoms with E-state index in [4.69, 9.17) is 0 Å². The number of aryl methyl sites for hydroxylation is 1. The summed E-state index contributed by atoms with van der Waals surface area (Å²) in [5.41, 5.74) is 2.26. The third-order valence-electron chi connectivity index (χ3n) is 1.61. The maximum absolute atomic E-state index is 10.2. The van der Waals surface area contributed by atoms with Crippen LogP contribution in [0.3, 0.4) is 0 Å². The molecular formula is C9H9BrO. The van der Waals surface area contributed by atoms with Crippen LogP contribution in [0, 0.1) is 6.92 Å². The molecule has 1 rings (SSSR count). The summed E-state index contributed by atoms with van der Waals surface area (Å²) in [5, 5.41) is 0. The standard InChI is InChI=1S/C9H9BrO/c1-7-2-3-9(10)6-8(7)4-5-11/h2-3,5-6H,4H2,1H3. The first kappa shape index (κ1) is 8.47. The summed E-state index contributed by atoms with van der Waals surface area (Å²) < 4.78 is 1.03. The van der Waals surface area contributed by atoms with Crippen molar-refractivity contribution >= 4 is 22.2 Å². The topological polar surface area (TPSA) is 17.1 Å². The molecule has 0 spiro atoms. The average Bonchev–Trinajstić information content (AvgIpc) is 1.98. The van der Waals surface area contributed by atoms with Gasteiger partial charge in [-0.1, -0.05) is 22.0 Å². The van der Waals surface area contributed by atoms with Crippen molar-refractivity contribution in [3.8, 4) is 0 Å². The van der Waals surface area contributed by atoms with E-state index in [2.05, 4.69) is 15.9 Å². The van der Waals surface area contributed by atoms with E-state index in [1.807, 2.05) is 25.1 Å². The van der Waals surface area contributed by atoms with Crippen LogP contribution < -0.4 is 0 Å². The molecule has 0 N–H and O–H groups in total. The minimum absolute atomic E-state index is 0.505. The number of rotatable bonds is 2. The van der Waals surface area contributed by atoms with Crippen LogP contribution in [0.15, 0.2) is 22.7 Å². The lowest BCUT2D eigenvalue weighted by atomic mass is 10.1. The Hall–Kier alpha value is -0.630. The van der Waals surface area contributed by atoms with Gasteiger partial charge in [0.2, 0.25) is 0 Å². The van der Waals surface area contributed by atoms with Gasteiger partial charge in [-0.25, -0.2) is 0 Å². The molecular weight excluding hydrogens is 204 g/mol. The van der Waals surface area contributed by atoms with Crippen molar-refractivity contribution in [1.29, 1.82) is 0 Å². The molecule has 0 aliphatic heterocycles. The first-order chi connectivity index (χ1) is 5.24. The average molecular weight is 213 g/mol. The van der Waals surface area contributed by atoms with Crippen molar-refractivity contribution in [3.63, 3.8) is 0 Å². The van der Waals surface area contributed by atoms with Gasteiger partial charge in [0.25, 0.3) is 0 Å².